The number of piperazine rings is 1. The van der Waals surface area contributed by atoms with Gasteiger partial charge in [-0.25, -0.2) is 8.42 Å². The van der Waals surface area contributed by atoms with E-state index < -0.39 is 9.84 Å². The van der Waals surface area contributed by atoms with Crippen molar-refractivity contribution >= 4 is 44.4 Å². The van der Waals surface area contributed by atoms with Crippen LogP contribution in [-0.4, -0.2) is 45.4 Å². The number of anilines is 1. The molecule has 0 aliphatic carbocycles. The number of hydrogen-bond donors (Lipinski definition) is 0. The van der Waals surface area contributed by atoms with Crippen LogP contribution in [0.15, 0.2) is 59.5 Å². The minimum Gasteiger partial charge on any atom is -0.368 e. The van der Waals surface area contributed by atoms with E-state index >= 15 is 0 Å². The molecular formula is C22H19ClN2O3S2. The van der Waals surface area contributed by atoms with Gasteiger partial charge in [0.1, 0.15) is 0 Å². The summed E-state index contributed by atoms with van der Waals surface area (Å²) < 4.78 is 25.4. The lowest BCUT2D eigenvalue weighted by Crippen LogP contribution is -2.48. The van der Waals surface area contributed by atoms with Crippen LogP contribution < -0.4 is 4.90 Å². The highest BCUT2D eigenvalue weighted by Crippen LogP contribution is 2.43. The van der Waals surface area contributed by atoms with E-state index in [0.717, 1.165) is 23.7 Å². The summed E-state index contributed by atoms with van der Waals surface area (Å²) in [5.74, 6) is -0.128. The summed E-state index contributed by atoms with van der Waals surface area (Å²) in [4.78, 5) is 19.0. The molecule has 0 saturated carbocycles. The first-order chi connectivity index (χ1) is 14.4. The van der Waals surface area contributed by atoms with E-state index in [4.69, 9.17) is 11.6 Å². The molecule has 2 aromatic carbocycles. The maximum absolute atomic E-state index is 13.1. The number of nitrogens with zero attached hydrogens (tertiary/aromatic N) is 2. The molecule has 1 saturated heterocycles. The molecule has 0 radical (unpaired) electrons. The molecule has 0 N–H and O–H groups in total. The minimum absolute atomic E-state index is 0.0324. The van der Waals surface area contributed by atoms with Gasteiger partial charge < -0.3 is 9.80 Å². The van der Waals surface area contributed by atoms with Crippen LogP contribution in [0.4, 0.5) is 5.69 Å². The van der Waals surface area contributed by atoms with Crippen molar-refractivity contribution in [3.63, 3.8) is 0 Å². The number of fused-ring (bicyclic) bond motifs is 3. The average Bonchev–Trinajstić information content (AvgIpc) is 3.17. The largest absolute Gasteiger partial charge is 0.368 e. The molecule has 30 heavy (non-hydrogen) atoms. The van der Waals surface area contributed by atoms with Crippen LogP contribution in [-0.2, 0) is 15.6 Å². The predicted molar refractivity (Wildman–Crippen MR) is 120 cm³/mol. The molecule has 1 aromatic heterocycles. The Bertz CT molecular complexity index is 1230. The molecule has 0 bridgehead atoms. The van der Waals surface area contributed by atoms with E-state index in [1.54, 1.807) is 18.2 Å². The summed E-state index contributed by atoms with van der Waals surface area (Å²) in [6.07, 6.45) is 0. The first kappa shape index (κ1) is 19.6. The Hall–Kier alpha value is -2.35. The Morgan fingerprint density at radius 2 is 1.70 bits per heavy atom. The summed E-state index contributed by atoms with van der Waals surface area (Å²) in [7, 11) is -3.46. The molecule has 2 aliphatic rings. The summed E-state index contributed by atoms with van der Waals surface area (Å²) in [5.41, 5.74) is 2.50. The van der Waals surface area contributed by atoms with Crippen molar-refractivity contribution in [2.75, 3.05) is 31.1 Å². The Morgan fingerprint density at radius 1 is 0.967 bits per heavy atom. The molecule has 3 aromatic rings. The number of carbonyl (C=O) groups is 1. The molecule has 5 nitrogen and oxygen atoms in total. The molecule has 3 heterocycles. The van der Waals surface area contributed by atoms with E-state index in [-0.39, 0.29) is 16.6 Å². The van der Waals surface area contributed by atoms with Crippen molar-refractivity contribution in [2.45, 2.75) is 10.6 Å². The van der Waals surface area contributed by atoms with Crippen LogP contribution in [0.3, 0.4) is 0 Å². The molecule has 154 valence electrons. The van der Waals surface area contributed by atoms with Crippen molar-refractivity contribution in [1.82, 2.24) is 4.90 Å². The smallest absolute Gasteiger partial charge is 0.264 e. The van der Waals surface area contributed by atoms with Crippen molar-refractivity contribution in [3.8, 4) is 10.4 Å². The van der Waals surface area contributed by atoms with Crippen molar-refractivity contribution < 1.29 is 13.2 Å². The number of hydrogen-bond acceptors (Lipinski definition) is 5. The van der Waals surface area contributed by atoms with Gasteiger partial charge in [-0.05, 0) is 35.9 Å². The van der Waals surface area contributed by atoms with Crippen LogP contribution >= 0.6 is 22.9 Å². The molecule has 0 unspecified atom stereocenters. The first-order valence-electron chi connectivity index (χ1n) is 9.67. The standard InChI is InChI=1S/C22H19ClN2O3S2/c23-16-6-7-18-20(13-16)30(27,28)14-15-12-19(29-21(15)18)22(26)25-10-8-24(9-11-25)17-4-2-1-3-5-17/h1-7,12-13H,8-11,14H2. The van der Waals surface area contributed by atoms with Crippen LogP contribution in [0.25, 0.3) is 10.4 Å². The molecule has 8 heteroatoms. The summed E-state index contributed by atoms with van der Waals surface area (Å²) in [6.45, 7) is 2.83. The number of amides is 1. The lowest BCUT2D eigenvalue weighted by Gasteiger charge is -2.36. The molecule has 5 rings (SSSR count). The second-order valence-corrected chi connectivity index (χ2v) is 10.9. The van der Waals surface area contributed by atoms with Crippen LogP contribution in [0.1, 0.15) is 15.2 Å². The normalized spacial score (nSPS) is 17.4. The van der Waals surface area contributed by atoms with Gasteiger partial charge >= 0.3 is 0 Å². The fraction of sp³-hybridized carbons (Fsp3) is 0.227. The molecular weight excluding hydrogens is 440 g/mol. The third kappa shape index (κ3) is 3.41. The van der Waals surface area contributed by atoms with Crippen LogP contribution in [0.2, 0.25) is 5.02 Å². The summed E-state index contributed by atoms with van der Waals surface area (Å²) in [6, 6.07) is 16.9. The van der Waals surface area contributed by atoms with Gasteiger partial charge in [0, 0.05) is 47.3 Å². The fourth-order valence-electron chi connectivity index (χ4n) is 4.06. The van der Waals surface area contributed by atoms with Gasteiger partial charge in [0.15, 0.2) is 9.84 Å². The highest BCUT2D eigenvalue weighted by Gasteiger charge is 2.32. The molecule has 0 atom stereocenters. The van der Waals surface area contributed by atoms with Gasteiger partial charge in [-0.15, -0.1) is 11.3 Å². The van der Waals surface area contributed by atoms with Crippen LogP contribution in [0.5, 0.6) is 0 Å². The van der Waals surface area contributed by atoms with Crippen molar-refractivity contribution in [2.24, 2.45) is 0 Å². The number of rotatable bonds is 2. The zero-order valence-electron chi connectivity index (χ0n) is 16.0. The zero-order chi connectivity index (χ0) is 20.9. The second kappa shape index (κ2) is 7.41. The molecule has 2 aliphatic heterocycles. The highest BCUT2D eigenvalue weighted by atomic mass is 35.5. The van der Waals surface area contributed by atoms with E-state index in [0.29, 0.717) is 34.1 Å². The Kier molecular flexibility index (Phi) is 4.84. The Morgan fingerprint density at radius 3 is 2.43 bits per heavy atom. The van der Waals surface area contributed by atoms with Gasteiger partial charge in [0.25, 0.3) is 5.91 Å². The summed E-state index contributed by atoms with van der Waals surface area (Å²) in [5, 5.41) is 0.393. The topological polar surface area (TPSA) is 57.7 Å². The van der Waals surface area contributed by atoms with E-state index in [1.807, 2.05) is 23.1 Å². The SMILES string of the molecule is O=C(c1cc2c(s1)-c1ccc(Cl)cc1S(=O)(=O)C2)N1CCN(c2ccccc2)CC1. The van der Waals surface area contributed by atoms with Gasteiger partial charge in [-0.2, -0.15) is 0 Å². The highest BCUT2D eigenvalue weighted by molar-refractivity contribution is 7.91. The maximum atomic E-state index is 13.1. The number of sulfone groups is 1. The zero-order valence-corrected chi connectivity index (χ0v) is 18.4. The number of para-hydroxylation sites is 1. The average molecular weight is 459 g/mol. The quantitative estimate of drug-likeness (QED) is 0.574. The maximum Gasteiger partial charge on any atom is 0.264 e. The predicted octanol–water partition coefficient (Wildman–Crippen LogP) is 4.32. The second-order valence-electron chi connectivity index (χ2n) is 7.48. The number of halogens is 1. The third-order valence-electron chi connectivity index (χ3n) is 5.58. The molecule has 1 fully saturated rings. The van der Waals surface area contributed by atoms with Crippen molar-refractivity contribution in [1.29, 1.82) is 0 Å². The van der Waals surface area contributed by atoms with Gasteiger partial charge in [0.05, 0.1) is 15.5 Å². The van der Waals surface area contributed by atoms with Crippen LogP contribution in [0, 0.1) is 0 Å². The molecule has 1 amide bonds. The van der Waals surface area contributed by atoms with Gasteiger partial charge in [-0.1, -0.05) is 35.9 Å². The number of benzene rings is 2. The van der Waals surface area contributed by atoms with E-state index in [2.05, 4.69) is 17.0 Å². The number of thiophene rings is 1. The summed E-state index contributed by atoms with van der Waals surface area (Å²) >= 11 is 7.39. The Balaban J connectivity index is 1.39. The van der Waals surface area contributed by atoms with Crippen molar-refractivity contribution in [3.05, 3.63) is 70.1 Å². The fourth-order valence-corrected chi connectivity index (χ4v) is 7.24. The van der Waals surface area contributed by atoms with E-state index in [1.165, 1.54) is 17.4 Å². The molecule has 0 spiro atoms. The minimum atomic E-state index is -3.46. The lowest BCUT2D eigenvalue weighted by atomic mass is 10.1. The first-order valence-corrected chi connectivity index (χ1v) is 12.5. The lowest BCUT2D eigenvalue weighted by molar-refractivity contribution is 0.0751. The van der Waals surface area contributed by atoms with E-state index in [9.17, 15) is 13.2 Å². The monoisotopic (exact) mass is 458 g/mol. The number of carbonyl (C=O) groups excluding carboxylic acids is 1. The third-order valence-corrected chi connectivity index (χ3v) is 8.71. The van der Waals surface area contributed by atoms with Gasteiger partial charge in [-0.3, -0.25) is 4.79 Å². The Labute approximate surface area is 184 Å². The van der Waals surface area contributed by atoms with Gasteiger partial charge in [0.2, 0.25) is 0 Å².